The van der Waals surface area contributed by atoms with Gasteiger partial charge in [-0.1, -0.05) is 36.4 Å². The Kier molecular flexibility index (Phi) is 4.21. The number of carbonyl (C=O) groups is 2. The number of rotatable bonds is 4. The number of nitrogens with one attached hydrogen (secondary N) is 2. The zero-order valence-electron chi connectivity index (χ0n) is 15.8. The van der Waals surface area contributed by atoms with E-state index in [1.807, 2.05) is 54.6 Å². The van der Waals surface area contributed by atoms with Crippen LogP contribution in [0.2, 0.25) is 0 Å². The van der Waals surface area contributed by atoms with E-state index < -0.39 is 11.8 Å². The lowest BCUT2D eigenvalue weighted by atomic mass is 9.92. The standard InChI is InChI=1S/C23H21N3O3/c27-13-14-10-11-26-17-9-5-4-8-16(17)19(18(26)12-14)20-21(23(29)25-22(20)28)24-15-6-2-1-3-7-15/h1-9,14,27H,10-13H2,(H2,24,25,28,29). The van der Waals surface area contributed by atoms with Gasteiger partial charge in [-0.05, 0) is 37.0 Å². The number of carbonyl (C=O) groups excluding carboxylic acids is 2. The third-order valence-corrected chi connectivity index (χ3v) is 5.80. The predicted molar refractivity (Wildman–Crippen MR) is 111 cm³/mol. The summed E-state index contributed by atoms with van der Waals surface area (Å²) < 4.78 is 2.22. The topological polar surface area (TPSA) is 83.4 Å². The van der Waals surface area contributed by atoms with Crippen molar-refractivity contribution in [2.45, 2.75) is 19.4 Å². The Hall–Kier alpha value is -3.38. The molecular formula is C23H21N3O3. The molecule has 2 aromatic carbocycles. The molecule has 0 saturated heterocycles. The van der Waals surface area contributed by atoms with Crippen molar-refractivity contribution in [1.29, 1.82) is 0 Å². The number of fused-ring (bicyclic) bond motifs is 3. The zero-order chi connectivity index (χ0) is 20.0. The summed E-state index contributed by atoms with van der Waals surface area (Å²) in [6.07, 6.45) is 1.56. The summed E-state index contributed by atoms with van der Waals surface area (Å²) in [5, 5.41) is 16.3. The number of nitrogens with zero attached hydrogens (tertiary/aromatic N) is 1. The van der Waals surface area contributed by atoms with E-state index in [4.69, 9.17) is 0 Å². The average molecular weight is 387 g/mol. The second-order valence-electron chi connectivity index (χ2n) is 7.56. The largest absolute Gasteiger partial charge is 0.396 e. The molecule has 1 atom stereocenters. The van der Waals surface area contributed by atoms with Gasteiger partial charge in [0.15, 0.2) is 0 Å². The van der Waals surface area contributed by atoms with E-state index in [1.54, 1.807) is 0 Å². The Labute approximate surface area is 167 Å². The van der Waals surface area contributed by atoms with Crippen molar-refractivity contribution < 1.29 is 14.7 Å². The molecule has 1 unspecified atom stereocenters. The van der Waals surface area contributed by atoms with Crippen LogP contribution in [0.25, 0.3) is 16.5 Å². The maximum atomic E-state index is 12.9. The highest BCUT2D eigenvalue weighted by atomic mass is 16.3. The van der Waals surface area contributed by atoms with Gasteiger partial charge in [-0.15, -0.1) is 0 Å². The van der Waals surface area contributed by atoms with Gasteiger partial charge >= 0.3 is 0 Å². The number of anilines is 1. The summed E-state index contributed by atoms with van der Waals surface area (Å²) in [6, 6.07) is 17.3. The first-order valence-corrected chi connectivity index (χ1v) is 9.80. The first kappa shape index (κ1) is 17.7. The Morgan fingerprint density at radius 1 is 1.03 bits per heavy atom. The molecule has 0 radical (unpaired) electrons. The van der Waals surface area contributed by atoms with E-state index in [1.165, 1.54) is 0 Å². The van der Waals surface area contributed by atoms with E-state index in [9.17, 15) is 14.7 Å². The van der Waals surface area contributed by atoms with Crippen molar-refractivity contribution in [3.05, 3.63) is 71.6 Å². The van der Waals surface area contributed by atoms with Gasteiger partial charge in [0.1, 0.15) is 5.70 Å². The number of imide groups is 1. The first-order chi connectivity index (χ1) is 14.2. The predicted octanol–water partition coefficient (Wildman–Crippen LogP) is 2.68. The molecule has 2 amide bonds. The fourth-order valence-corrected chi connectivity index (χ4v) is 4.42. The minimum Gasteiger partial charge on any atom is -0.396 e. The molecule has 6 heteroatoms. The van der Waals surface area contributed by atoms with Gasteiger partial charge in [0.25, 0.3) is 11.8 Å². The van der Waals surface area contributed by atoms with Crippen molar-refractivity contribution in [3.63, 3.8) is 0 Å². The van der Waals surface area contributed by atoms with Crippen molar-refractivity contribution in [3.8, 4) is 0 Å². The van der Waals surface area contributed by atoms with Gasteiger partial charge in [0.05, 0.1) is 5.57 Å². The number of hydrogen-bond acceptors (Lipinski definition) is 4. The monoisotopic (exact) mass is 387 g/mol. The van der Waals surface area contributed by atoms with Gasteiger partial charge in [0.2, 0.25) is 0 Å². The van der Waals surface area contributed by atoms with Gasteiger partial charge in [-0.2, -0.15) is 0 Å². The normalized spacial score (nSPS) is 18.9. The second-order valence-corrected chi connectivity index (χ2v) is 7.56. The molecule has 0 aliphatic carbocycles. The third-order valence-electron chi connectivity index (χ3n) is 5.80. The third kappa shape index (κ3) is 2.84. The van der Waals surface area contributed by atoms with Crippen molar-refractivity contribution in [2.75, 3.05) is 11.9 Å². The van der Waals surface area contributed by atoms with Crippen molar-refractivity contribution >= 4 is 34.0 Å². The number of aromatic nitrogens is 1. The molecule has 0 saturated carbocycles. The van der Waals surface area contributed by atoms with E-state index in [-0.39, 0.29) is 18.2 Å². The summed E-state index contributed by atoms with van der Waals surface area (Å²) in [4.78, 5) is 25.5. The van der Waals surface area contributed by atoms with E-state index >= 15 is 0 Å². The summed E-state index contributed by atoms with van der Waals surface area (Å²) in [5.74, 6) is -0.664. The van der Waals surface area contributed by atoms with Crippen LogP contribution in [0, 0.1) is 5.92 Å². The summed E-state index contributed by atoms with van der Waals surface area (Å²) in [7, 11) is 0. The molecular weight excluding hydrogens is 366 g/mol. The minimum absolute atomic E-state index is 0.111. The molecule has 5 rings (SSSR count). The molecule has 2 aliphatic rings. The molecule has 2 aliphatic heterocycles. The van der Waals surface area contributed by atoms with Gasteiger partial charge < -0.3 is 15.0 Å². The molecule has 146 valence electrons. The highest BCUT2D eigenvalue weighted by molar-refractivity contribution is 6.38. The lowest BCUT2D eigenvalue weighted by Gasteiger charge is -2.24. The number of hydrogen-bond donors (Lipinski definition) is 3. The SMILES string of the molecule is O=C1NC(=O)C(c2c3n(c4ccccc24)CCC(CO)C3)=C1Nc1ccccc1. The summed E-state index contributed by atoms with van der Waals surface area (Å²) >= 11 is 0. The maximum Gasteiger partial charge on any atom is 0.275 e. The number of para-hydroxylation sites is 2. The Balaban J connectivity index is 1.75. The fourth-order valence-electron chi connectivity index (χ4n) is 4.42. The van der Waals surface area contributed by atoms with Gasteiger partial charge in [0, 0.05) is 41.0 Å². The molecule has 0 fully saturated rings. The molecule has 1 aromatic heterocycles. The highest BCUT2D eigenvalue weighted by Crippen LogP contribution is 2.39. The first-order valence-electron chi connectivity index (χ1n) is 9.80. The highest BCUT2D eigenvalue weighted by Gasteiger charge is 2.36. The van der Waals surface area contributed by atoms with Crippen LogP contribution in [-0.2, 0) is 22.6 Å². The molecule has 6 nitrogen and oxygen atoms in total. The van der Waals surface area contributed by atoms with Crippen LogP contribution >= 0.6 is 0 Å². The number of aliphatic hydroxyl groups excluding tert-OH is 1. The van der Waals surface area contributed by atoms with Crippen molar-refractivity contribution in [1.82, 2.24) is 9.88 Å². The Bertz CT molecular complexity index is 1160. The molecule has 29 heavy (non-hydrogen) atoms. The minimum atomic E-state index is -0.424. The van der Waals surface area contributed by atoms with Crippen molar-refractivity contribution in [2.24, 2.45) is 5.92 Å². The maximum absolute atomic E-state index is 12.9. The Morgan fingerprint density at radius 3 is 2.59 bits per heavy atom. The molecule has 3 heterocycles. The number of benzene rings is 2. The fraction of sp³-hybridized carbons (Fsp3) is 0.217. The molecule has 0 bridgehead atoms. The number of aliphatic hydroxyl groups is 1. The lowest BCUT2D eigenvalue weighted by molar-refractivity contribution is -0.123. The van der Waals surface area contributed by atoms with E-state index in [2.05, 4.69) is 15.2 Å². The van der Waals surface area contributed by atoms with Crippen LogP contribution in [0.4, 0.5) is 5.69 Å². The lowest BCUT2D eigenvalue weighted by Crippen LogP contribution is -2.25. The van der Waals surface area contributed by atoms with Crippen LogP contribution in [0.15, 0.2) is 60.3 Å². The zero-order valence-corrected chi connectivity index (χ0v) is 15.8. The summed E-state index contributed by atoms with van der Waals surface area (Å²) in [5.41, 5.74) is 4.24. The van der Waals surface area contributed by atoms with E-state index in [0.717, 1.165) is 40.8 Å². The number of aryl methyl sites for hydroxylation is 1. The molecule has 3 N–H and O–H groups in total. The summed E-state index contributed by atoms with van der Waals surface area (Å²) in [6.45, 7) is 0.894. The van der Waals surface area contributed by atoms with Crippen LogP contribution in [0.3, 0.4) is 0 Å². The quantitative estimate of drug-likeness (QED) is 0.601. The van der Waals surface area contributed by atoms with Crippen LogP contribution in [0.5, 0.6) is 0 Å². The molecule has 0 spiro atoms. The van der Waals surface area contributed by atoms with Gasteiger partial charge in [-0.3, -0.25) is 14.9 Å². The smallest absolute Gasteiger partial charge is 0.275 e. The van der Waals surface area contributed by atoms with E-state index in [0.29, 0.717) is 12.0 Å². The van der Waals surface area contributed by atoms with Crippen LogP contribution in [0.1, 0.15) is 17.7 Å². The van der Waals surface area contributed by atoms with Crippen LogP contribution in [-0.4, -0.2) is 28.1 Å². The second kappa shape index (κ2) is 6.90. The van der Waals surface area contributed by atoms with Gasteiger partial charge in [-0.25, -0.2) is 0 Å². The average Bonchev–Trinajstić information content (AvgIpc) is 3.21. The number of amides is 2. The molecule has 3 aromatic rings. The van der Waals surface area contributed by atoms with Crippen LogP contribution < -0.4 is 10.6 Å². The Morgan fingerprint density at radius 2 is 1.79 bits per heavy atom.